The summed E-state index contributed by atoms with van der Waals surface area (Å²) in [5.41, 5.74) is 2.48. The normalized spacial score (nSPS) is 12.4. The zero-order valence-electron chi connectivity index (χ0n) is 12.0. The van der Waals surface area contributed by atoms with Gasteiger partial charge in [-0.1, -0.05) is 29.0 Å². The highest BCUT2D eigenvalue weighted by Crippen LogP contribution is 2.31. The lowest BCUT2D eigenvalue weighted by atomic mass is 10.2. The lowest BCUT2D eigenvalue weighted by Crippen LogP contribution is -2.15. The number of benzene rings is 1. The molecular formula is C15H21N3S. The minimum Gasteiger partial charge on any atom is -0.318 e. The zero-order chi connectivity index (χ0) is 13.8. The number of anilines is 2. The third-order valence-corrected chi connectivity index (χ3v) is 4.47. The van der Waals surface area contributed by atoms with E-state index in [0.717, 1.165) is 11.7 Å². The van der Waals surface area contributed by atoms with Crippen LogP contribution in [0.2, 0.25) is 0 Å². The topological polar surface area (TPSA) is 28.2 Å². The Balaban J connectivity index is 2.26. The van der Waals surface area contributed by atoms with Gasteiger partial charge in [-0.2, -0.15) is 0 Å². The quantitative estimate of drug-likeness (QED) is 0.897. The first-order valence-electron chi connectivity index (χ1n) is 6.63. The molecule has 0 fully saturated rings. The van der Waals surface area contributed by atoms with Gasteiger partial charge in [0.25, 0.3) is 0 Å². The third kappa shape index (κ3) is 3.14. The van der Waals surface area contributed by atoms with Crippen molar-refractivity contribution < 1.29 is 0 Å². The molecule has 1 atom stereocenters. The average Bonchev–Trinajstić information content (AvgIpc) is 2.90. The molecule has 0 amide bonds. The molecule has 3 nitrogen and oxygen atoms in total. The number of aryl methyl sites for hydroxylation is 1. The first kappa shape index (κ1) is 14.0. The zero-order valence-corrected chi connectivity index (χ0v) is 12.8. The first-order valence-corrected chi connectivity index (χ1v) is 7.44. The highest BCUT2D eigenvalue weighted by Gasteiger charge is 2.13. The number of aromatic nitrogens is 1. The van der Waals surface area contributed by atoms with Gasteiger partial charge < -0.3 is 10.2 Å². The Bertz CT molecular complexity index is 518. The second-order valence-corrected chi connectivity index (χ2v) is 5.68. The Labute approximate surface area is 119 Å². The van der Waals surface area contributed by atoms with E-state index < -0.39 is 0 Å². The van der Waals surface area contributed by atoms with Crippen LogP contribution in [-0.2, 0) is 0 Å². The van der Waals surface area contributed by atoms with E-state index in [4.69, 9.17) is 0 Å². The van der Waals surface area contributed by atoms with E-state index >= 15 is 0 Å². The van der Waals surface area contributed by atoms with Crippen LogP contribution in [0.4, 0.5) is 10.8 Å². The standard InChI is InChI=1S/C15H21N3S/c1-5-18(13-8-6-11(2)7-9-13)15-17-10-14(19-15)12(3)16-4/h6-10,12,16H,5H2,1-4H3. The Morgan fingerprint density at radius 2 is 2.00 bits per heavy atom. The smallest absolute Gasteiger partial charge is 0.190 e. The second kappa shape index (κ2) is 6.17. The molecule has 1 N–H and O–H groups in total. The molecule has 0 aliphatic rings. The van der Waals surface area contributed by atoms with Crippen molar-refractivity contribution in [2.45, 2.75) is 26.8 Å². The highest BCUT2D eigenvalue weighted by atomic mass is 32.1. The minimum absolute atomic E-state index is 0.350. The van der Waals surface area contributed by atoms with E-state index in [1.165, 1.54) is 16.1 Å². The van der Waals surface area contributed by atoms with Crippen molar-refractivity contribution in [3.8, 4) is 0 Å². The molecule has 0 aliphatic carbocycles. The second-order valence-electron chi connectivity index (χ2n) is 4.64. The third-order valence-electron chi connectivity index (χ3n) is 3.26. The number of thiazole rings is 1. The van der Waals surface area contributed by atoms with E-state index in [1.54, 1.807) is 11.3 Å². The molecule has 0 saturated carbocycles. The molecule has 0 saturated heterocycles. The molecule has 0 bridgehead atoms. The molecule has 19 heavy (non-hydrogen) atoms. The van der Waals surface area contributed by atoms with Crippen LogP contribution in [0.25, 0.3) is 0 Å². The van der Waals surface area contributed by atoms with Crippen molar-refractivity contribution in [3.63, 3.8) is 0 Å². The summed E-state index contributed by atoms with van der Waals surface area (Å²) in [4.78, 5) is 8.07. The average molecular weight is 275 g/mol. The Hall–Kier alpha value is -1.39. The summed E-state index contributed by atoms with van der Waals surface area (Å²) in [7, 11) is 1.97. The number of hydrogen-bond acceptors (Lipinski definition) is 4. The van der Waals surface area contributed by atoms with Gasteiger partial charge in [0.1, 0.15) is 0 Å². The van der Waals surface area contributed by atoms with Crippen molar-refractivity contribution in [2.75, 3.05) is 18.5 Å². The first-order chi connectivity index (χ1) is 9.15. The van der Waals surface area contributed by atoms with Gasteiger partial charge in [0.05, 0.1) is 0 Å². The summed E-state index contributed by atoms with van der Waals surface area (Å²) in [6, 6.07) is 8.94. The molecule has 1 aromatic heterocycles. The summed E-state index contributed by atoms with van der Waals surface area (Å²) < 4.78 is 0. The summed E-state index contributed by atoms with van der Waals surface area (Å²) >= 11 is 1.75. The Kier molecular flexibility index (Phi) is 4.56. The fraction of sp³-hybridized carbons (Fsp3) is 0.400. The van der Waals surface area contributed by atoms with E-state index in [2.05, 4.69) is 60.2 Å². The van der Waals surface area contributed by atoms with Crippen LogP contribution in [0, 0.1) is 6.92 Å². The minimum atomic E-state index is 0.350. The fourth-order valence-corrected chi connectivity index (χ4v) is 2.96. The number of rotatable bonds is 5. The summed E-state index contributed by atoms with van der Waals surface area (Å²) in [5, 5.41) is 4.31. The van der Waals surface area contributed by atoms with Gasteiger partial charge >= 0.3 is 0 Å². The van der Waals surface area contributed by atoms with Crippen LogP contribution in [0.1, 0.15) is 30.3 Å². The monoisotopic (exact) mass is 275 g/mol. The van der Waals surface area contributed by atoms with Crippen molar-refractivity contribution in [3.05, 3.63) is 40.9 Å². The molecule has 2 rings (SSSR count). The summed E-state index contributed by atoms with van der Waals surface area (Å²) in [6.07, 6.45) is 1.97. The maximum absolute atomic E-state index is 4.56. The van der Waals surface area contributed by atoms with Gasteiger partial charge in [0.15, 0.2) is 5.13 Å². The van der Waals surface area contributed by atoms with Crippen molar-refractivity contribution >= 4 is 22.2 Å². The maximum atomic E-state index is 4.56. The van der Waals surface area contributed by atoms with Gasteiger partial charge in [0, 0.05) is 29.3 Å². The van der Waals surface area contributed by atoms with Crippen LogP contribution in [0.3, 0.4) is 0 Å². The van der Waals surface area contributed by atoms with E-state index in [-0.39, 0.29) is 0 Å². The number of nitrogens with zero attached hydrogens (tertiary/aromatic N) is 2. The largest absolute Gasteiger partial charge is 0.318 e. The van der Waals surface area contributed by atoms with E-state index in [1.807, 2.05) is 13.2 Å². The predicted molar refractivity (Wildman–Crippen MR) is 83.4 cm³/mol. The van der Waals surface area contributed by atoms with Gasteiger partial charge in [-0.05, 0) is 40.0 Å². The van der Waals surface area contributed by atoms with Crippen LogP contribution in [-0.4, -0.2) is 18.6 Å². The molecule has 102 valence electrons. The van der Waals surface area contributed by atoms with E-state index in [0.29, 0.717) is 6.04 Å². The van der Waals surface area contributed by atoms with Crippen molar-refractivity contribution in [2.24, 2.45) is 0 Å². The van der Waals surface area contributed by atoms with Crippen LogP contribution in [0.5, 0.6) is 0 Å². The van der Waals surface area contributed by atoms with Crippen molar-refractivity contribution in [1.82, 2.24) is 10.3 Å². The molecule has 0 spiro atoms. The molecule has 0 aliphatic heterocycles. The van der Waals surface area contributed by atoms with Crippen LogP contribution >= 0.6 is 11.3 Å². The molecule has 1 heterocycles. The molecule has 0 radical (unpaired) electrons. The molecule has 1 unspecified atom stereocenters. The molecular weight excluding hydrogens is 254 g/mol. The SMILES string of the molecule is CCN(c1ccc(C)cc1)c1ncc(C(C)NC)s1. The lowest BCUT2D eigenvalue weighted by Gasteiger charge is -2.20. The van der Waals surface area contributed by atoms with Gasteiger partial charge in [-0.15, -0.1) is 0 Å². The fourth-order valence-electron chi connectivity index (χ4n) is 1.90. The Morgan fingerprint density at radius 3 is 2.58 bits per heavy atom. The van der Waals surface area contributed by atoms with Crippen LogP contribution < -0.4 is 10.2 Å². The summed E-state index contributed by atoms with van der Waals surface area (Å²) in [5.74, 6) is 0. The maximum Gasteiger partial charge on any atom is 0.190 e. The Morgan fingerprint density at radius 1 is 1.32 bits per heavy atom. The lowest BCUT2D eigenvalue weighted by molar-refractivity contribution is 0.662. The van der Waals surface area contributed by atoms with E-state index in [9.17, 15) is 0 Å². The predicted octanol–water partition coefficient (Wildman–Crippen LogP) is 3.89. The molecule has 4 heteroatoms. The van der Waals surface area contributed by atoms with Gasteiger partial charge in [-0.3, -0.25) is 0 Å². The molecule has 2 aromatic rings. The van der Waals surface area contributed by atoms with Gasteiger partial charge in [0.2, 0.25) is 0 Å². The highest BCUT2D eigenvalue weighted by molar-refractivity contribution is 7.15. The van der Waals surface area contributed by atoms with Crippen molar-refractivity contribution in [1.29, 1.82) is 0 Å². The number of nitrogens with one attached hydrogen (secondary N) is 1. The molecule has 1 aromatic carbocycles. The van der Waals surface area contributed by atoms with Crippen LogP contribution in [0.15, 0.2) is 30.5 Å². The number of hydrogen-bond donors (Lipinski definition) is 1. The summed E-state index contributed by atoms with van der Waals surface area (Å²) in [6.45, 7) is 7.34. The van der Waals surface area contributed by atoms with Gasteiger partial charge in [-0.25, -0.2) is 4.98 Å².